The third kappa shape index (κ3) is 3.97. The number of rotatable bonds is 10. The van der Waals surface area contributed by atoms with Crippen molar-refractivity contribution >= 4 is 45.5 Å². The second-order valence-corrected chi connectivity index (χ2v) is 11.3. The molecule has 3 unspecified atom stereocenters. The zero-order valence-electron chi connectivity index (χ0n) is 18.0. The first-order chi connectivity index (χ1) is 14.7. The summed E-state index contributed by atoms with van der Waals surface area (Å²) in [5.74, 6) is -1.96. The second-order valence-electron chi connectivity index (χ2n) is 8.56. The fourth-order valence-corrected chi connectivity index (χ4v) is 8.84. The number of likely N-dealkylation sites (tertiary alicyclic amines) is 1. The molecule has 0 aromatic rings. The molecular weight excluding hydrogens is 484 g/mol. The molecule has 2 amide bonds. The smallest absolute Gasteiger partial charge is 0.311 e. The third-order valence-corrected chi connectivity index (χ3v) is 9.65. The molecule has 0 aliphatic carbocycles. The van der Waals surface area contributed by atoms with Crippen LogP contribution < -0.4 is 0 Å². The minimum absolute atomic E-state index is 0.00262. The molecule has 1 N–H and O–H groups in total. The number of carbonyl (C=O) groups excluding carboxylic acids is 3. The van der Waals surface area contributed by atoms with E-state index in [0.29, 0.717) is 19.4 Å². The molecule has 3 aliphatic rings. The molecule has 2 bridgehead atoms. The first-order valence-electron chi connectivity index (χ1n) is 10.7. The van der Waals surface area contributed by atoms with Gasteiger partial charge in [-0.2, -0.15) is 0 Å². The van der Waals surface area contributed by atoms with Crippen molar-refractivity contribution in [3.63, 3.8) is 0 Å². The summed E-state index contributed by atoms with van der Waals surface area (Å²) in [4.78, 5) is 43.8. The fourth-order valence-electron chi connectivity index (χ4n) is 5.25. The lowest BCUT2D eigenvalue weighted by atomic mass is 9.71. The van der Waals surface area contributed by atoms with Gasteiger partial charge in [0.05, 0.1) is 16.6 Å². The van der Waals surface area contributed by atoms with Crippen LogP contribution in [0.1, 0.15) is 26.7 Å². The van der Waals surface area contributed by atoms with Gasteiger partial charge in [-0.1, -0.05) is 34.7 Å². The van der Waals surface area contributed by atoms with Gasteiger partial charge in [-0.25, -0.2) is 0 Å². The molecule has 3 aliphatic heterocycles. The van der Waals surface area contributed by atoms with Crippen molar-refractivity contribution in [2.45, 2.75) is 53.6 Å². The Hall–Kier alpha value is -1.32. The Morgan fingerprint density at radius 3 is 2.71 bits per heavy atom. The highest BCUT2D eigenvalue weighted by Gasteiger charge is 2.76. The molecule has 9 heteroatoms. The first kappa shape index (κ1) is 24.3. The maximum atomic E-state index is 13.8. The van der Waals surface area contributed by atoms with Crippen molar-refractivity contribution in [2.75, 3.05) is 26.3 Å². The van der Waals surface area contributed by atoms with Crippen LogP contribution in [-0.4, -0.2) is 85.9 Å². The van der Waals surface area contributed by atoms with Crippen LogP contribution in [0.25, 0.3) is 0 Å². The maximum Gasteiger partial charge on any atom is 0.311 e. The largest absolute Gasteiger partial charge is 0.461 e. The third-order valence-electron chi connectivity index (χ3n) is 6.43. The molecule has 0 aromatic heterocycles. The highest BCUT2D eigenvalue weighted by molar-refractivity contribution is 9.09. The molecule has 3 fully saturated rings. The summed E-state index contributed by atoms with van der Waals surface area (Å²) < 4.78 is 4.66. The van der Waals surface area contributed by atoms with Crippen molar-refractivity contribution in [2.24, 2.45) is 11.8 Å². The highest BCUT2D eigenvalue weighted by atomic mass is 79.9. The molecule has 0 aromatic carbocycles. The van der Waals surface area contributed by atoms with Crippen molar-refractivity contribution in [3.8, 4) is 0 Å². The van der Waals surface area contributed by atoms with Crippen LogP contribution >= 0.6 is 27.7 Å². The number of thioether (sulfide) groups is 1. The number of aliphatic hydroxyl groups excluding tert-OH is 1. The number of aliphatic hydroxyl groups is 1. The predicted octanol–water partition coefficient (Wildman–Crippen LogP) is 1.99. The molecule has 0 radical (unpaired) electrons. The number of fused-ring (bicyclic) bond motifs is 1. The SMILES string of the molecule is C=CCOC(=O)[C@H]1[C@@H]2SC3(CC2Br)C(C(=O)N(CC=C)C(C)C)N(CCCO)C(=O)[C@H]13. The van der Waals surface area contributed by atoms with Gasteiger partial charge in [0.1, 0.15) is 12.6 Å². The van der Waals surface area contributed by atoms with E-state index in [-0.39, 0.29) is 47.7 Å². The summed E-state index contributed by atoms with van der Waals surface area (Å²) in [5.41, 5.74) is 0. The van der Waals surface area contributed by atoms with Gasteiger partial charge < -0.3 is 19.6 Å². The number of hydrogen-bond acceptors (Lipinski definition) is 6. The van der Waals surface area contributed by atoms with Crippen LogP contribution in [-0.2, 0) is 19.1 Å². The average Bonchev–Trinajstić information content (AvgIpc) is 3.31. The molecule has 3 rings (SSSR count). The van der Waals surface area contributed by atoms with Crippen LogP contribution in [0.5, 0.6) is 0 Å². The highest BCUT2D eigenvalue weighted by Crippen LogP contribution is 2.68. The van der Waals surface area contributed by atoms with Crippen molar-refractivity contribution in [1.29, 1.82) is 0 Å². The van der Waals surface area contributed by atoms with Gasteiger partial charge >= 0.3 is 5.97 Å². The van der Waals surface area contributed by atoms with E-state index in [4.69, 9.17) is 4.74 Å². The Morgan fingerprint density at radius 2 is 2.13 bits per heavy atom. The maximum absolute atomic E-state index is 13.8. The molecule has 31 heavy (non-hydrogen) atoms. The Kier molecular flexibility index (Phi) is 7.58. The summed E-state index contributed by atoms with van der Waals surface area (Å²) in [6, 6.07) is -0.751. The fraction of sp³-hybridized carbons (Fsp3) is 0.682. The second kappa shape index (κ2) is 9.67. The first-order valence-corrected chi connectivity index (χ1v) is 12.5. The molecule has 7 nitrogen and oxygen atoms in total. The van der Waals surface area contributed by atoms with Crippen LogP contribution in [0, 0.1) is 11.8 Å². The summed E-state index contributed by atoms with van der Waals surface area (Å²) in [6.45, 7) is 11.9. The average molecular weight is 515 g/mol. The zero-order valence-corrected chi connectivity index (χ0v) is 20.4. The molecule has 3 heterocycles. The number of esters is 1. The number of amides is 2. The van der Waals surface area contributed by atoms with E-state index in [1.165, 1.54) is 6.08 Å². The molecule has 0 saturated carbocycles. The van der Waals surface area contributed by atoms with Gasteiger partial charge in [0, 0.05) is 35.8 Å². The Morgan fingerprint density at radius 1 is 1.42 bits per heavy atom. The monoisotopic (exact) mass is 514 g/mol. The number of ether oxygens (including phenoxy) is 1. The van der Waals surface area contributed by atoms with Crippen LogP contribution in [0.4, 0.5) is 0 Å². The van der Waals surface area contributed by atoms with Crippen LogP contribution in [0.3, 0.4) is 0 Å². The topological polar surface area (TPSA) is 87.2 Å². The van der Waals surface area contributed by atoms with E-state index in [0.717, 1.165) is 0 Å². The number of alkyl halides is 1. The van der Waals surface area contributed by atoms with Gasteiger partial charge in [-0.05, 0) is 26.7 Å². The lowest BCUT2D eigenvalue weighted by molar-refractivity contribution is -0.153. The Labute approximate surface area is 196 Å². The van der Waals surface area contributed by atoms with Gasteiger partial charge in [0.2, 0.25) is 11.8 Å². The summed E-state index contributed by atoms with van der Waals surface area (Å²) in [6.07, 6.45) is 4.19. The van der Waals surface area contributed by atoms with E-state index in [2.05, 4.69) is 29.1 Å². The summed E-state index contributed by atoms with van der Waals surface area (Å²) in [7, 11) is 0. The molecule has 172 valence electrons. The lowest BCUT2D eigenvalue weighted by Crippen LogP contribution is -2.56. The van der Waals surface area contributed by atoms with Gasteiger partial charge in [-0.15, -0.1) is 18.3 Å². The molecule has 3 saturated heterocycles. The van der Waals surface area contributed by atoms with Gasteiger partial charge in [-0.3, -0.25) is 14.4 Å². The zero-order chi connectivity index (χ0) is 22.9. The quantitative estimate of drug-likeness (QED) is 0.272. The number of halogens is 1. The van der Waals surface area contributed by atoms with E-state index < -0.39 is 28.6 Å². The van der Waals surface area contributed by atoms with E-state index >= 15 is 0 Å². The van der Waals surface area contributed by atoms with E-state index in [1.54, 1.807) is 27.6 Å². The molecule has 6 atom stereocenters. The number of hydrogen-bond donors (Lipinski definition) is 1. The van der Waals surface area contributed by atoms with Crippen molar-refractivity contribution < 1.29 is 24.2 Å². The predicted molar refractivity (Wildman–Crippen MR) is 124 cm³/mol. The molecule has 1 spiro atoms. The van der Waals surface area contributed by atoms with Gasteiger partial charge in [0.15, 0.2) is 0 Å². The lowest BCUT2D eigenvalue weighted by Gasteiger charge is -2.39. The molecular formula is C22H31BrN2O5S. The standard InChI is InChI=1S/C22H31BrN2O5S/c1-5-8-24(13(3)4)20(28)18-22-12-14(23)17(31-22)15(21(29)30-11-6-2)16(22)19(27)25(18)9-7-10-26/h5-6,13-18,26H,1-2,7-12H2,3-4H3/t14?,15-,16+,17-,18?,22?/m1/s1. The van der Waals surface area contributed by atoms with E-state index in [1.807, 2.05) is 13.8 Å². The number of nitrogens with zero attached hydrogens (tertiary/aromatic N) is 2. The van der Waals surface area contributed by atoms with Crippen molar-refractivity contribution in [1.82, 2.24) is 9.80 Å². The Balaban J connectivity index is 2.04. The van der Waals surface area contributed by atoms with Crippen molar-refractivity contribution in [3.05, 3.63) is 25.3 Å². The van der Waals surface area contributed by atoms with Crippen LogP contribution in [0.15, 0.2) is 25.3 Å². The summed E-state index contributed by atoms with van der Waals surface area (Å²) in [5, 5.41) is 9.26. The minimum atomic E-state index is -0.700. The Bertz CT molecular complexity index is 762. The van der Waals surface area contributed by atoms with E-state index in [9.17, 15) is 19.5 Å². The van der Waals surface area contributed by atoms with Crippen LogP contribution in [0.2, 0.25) is 0 Å². The minimum Gasteiger partial charge on any atom is -0.461 e. The summed E-state index contributed by atoms with van der Waals surface area (Å²) >= 11 is 5.29. The number of carbonyl (C=O) groups is 3. The normalized spacial score (nSPS) is 33.5. The van der Waals surface area contributed by atoms with Gasteiger partial charge in [0.25, 0.3) is 0 Å².